The number of halogens is 1. The van der Waals surface area contributed by atoms with Gasteiger partial charge in [-0.15, -0.1) is 0 Å². The van der Waals surface area contributed by atoms with E-state index in [0.717, 1.165) is 16.7 Å². The summed E-state index contributed by atoms with van der Waals surface area (Å²) in [7, 11) is 1.85. The number of hydrogen-bond acceptors (Lipinski definition) is 2. The summed E-state index contributed by atoms with van der Waals surface area (Å²) in [6.07, 6.45) is 0. The zero-order chi connectivity index (χ0) is 15.4. The average molecular weight is 287 g/mol. The van der Waals surface area contributed by atoms with E-state index in [0.29, 0.717) is 12.4 Å². The summed E-state index contributed by atoms with van der Waals surface area (Å²) in [6, 6.07) is 11.4. The Labute approximate surface area is 126 Å². The predicted molar refractivity (Wildman–Crippen MR) is 84.1 cm³/mol. The minimum Gasteiger partial charge on any atom is -0.486 e. The Morgan fingerprint density at radius 3 is 2.57 bits per heavy atom. The van der Waals surface area contributed by atoms with Crippen LogP contribution in [0, 0.1) is 19.7 Å². The second kappa shape index (κ2) is 6.72. The Bertz CT molecular complexity index is 625. The number of benzene rings is 2. The lowest BCUT2D eigenvalue weighted by Gasteiger charge is -2.14. The van der Waals surface area contributed by atoms with Crippen LogP contribution in [0.4, 0.5) is 4.39 Å². The maximum absolute atomic E-state index is 14.1. The largest absolute Gasteiger partial charge is 0.486 e. The van der Waals surface area contributed by atoms with E-state index < -0.39 is 0 Å². The monoisotopic (exact) mass is 287 g/mol. The SMILES string of the molecule is CNC(C)c1ccc(OCc2cc(C)ccc2C)c(F)c1. The van der Waals surface area contributed by atoms with E-state index in [-0.39, 0.29) is 11.9 Å². The molecule has 2 rings (SSSR count). The highest BCUT2D eigenvalue weighted by Crippen LogP contribution is 2.23. The van der Waals surface area contributed by atoms with Crippen LogP contribution < -0.4 is 10.1 Å². The van der Waals surface area contributed by atoms with Crippen molar-refractivity contribution >= 4 is 0 Å². The van der Waals surface area contributed by atoms with E-state index in [1.165, 1.54) is 11.6 Å². The molecule has 0 aromatic heterocycles. The van der Waals surface area contributed by atoms with Crippen molar-refractivity contribution in [1.82, 2.24) is 5.32 Å². The van der Waals surface area contributed by atoms with Crippen LogP contribution in [0.25, 0.3) is 0 Å². The number of aryl methyl sites for hydroxylation is 2. The second-order valence-corrected chi connectivity index (χ2v) is 5.42. The van der Waals surface area contributed by atoms with Crippen LogP contribution in [0.2, 0.25) is 0 Å². The van der Waals surface area contributed by atoms with Gasteiger partial charge >= 0.3 is 0 Å². The van der Waals surface area contributed by atoms with Crippen molar-refractivity contribution in [2.75, 3.05) is 7.05 Å². The van der Waals surface area contributed by atoms with Gasteiger partial charge in [0.2, 0.25) is 0 Å². The highest BCUT2D eigenvalue weighted by Gasteiger charge is 2.09. The Kier molecular flexibility index (Phi) is 4.97. The van der Waals surface area contributed by atoms with Crippen LogP contribution in [-0.2, 0) is 6.61 Å². The third-order valence-corrected chi connectivity index (χ3v) is 3.78. The van der Waals surface area contributed by atoms with Gasteiger partial charge in [-0.05, 0) is 56.6 Å². The molecule has 1 N–H and O–H groups in total. The second-order valence-electron chi connectivity index (χ2n) is 5.42. The minimum atomic E-state index is -0.320. The fraction of sp³-hybridized carbons (Fsp3) is 0.333. The molecule has 0 aliphatic carbocycles. The quantitative estimate of drug-likeness (QED) is 0.885. The van der Waals surface area contributed by atoms with Gasteiger partial charge in [0.1, 0.15) is 6.61 Å². The molecule has 0 aliphatic rings. The average Bonchev–Trinajstić information content (AvgIpc) is 2.48. The number of nitrogens with one attached hydrogen (secondary N) is 1. The smallest absolute Gasteiger partial charge is 0.165 e. The first-order valence-electron chi connectivity index (χ1n) is 7.17. The molecule has 21 heavy (non-hydrogen) atoms. The fourth-order valence-corrected chi connectivity index (χ4v) is 2.18. The van der Waals surface area contributed by atoms with Crippen LogP contribution >= 0.6 is 0 Å². The Balaban J connectivity index is 2.11. The Hall–Kier alpha value is -1.87. The summed E-state index contributed by atoms with van der Waals surface area (Å²) in [4.78, 5) is 0. The van der Waals surface area contributed by atoms with Gasteiger partial charge in [-0.1, -0.05) is 29.8 Å². The molecule has 0 fully saturated rings. The zero-order valence-corrected chi connectivity index (χ0v) is 13.0. The molecule has 2 nitrogen and oxygen atoms in total. The number of ether oxygens (including phenoxy) is 1. The molecule has 0 bridgehead atoms. The molecule has 0 saturated heterocycles. The molecular weight excluding hydrogens is 265 g/mol. The van der Waals surface area contributed by atoms with Gasteiger partial charge in [-0.2, -0.15) is 0 Å². The van der Waals surface area contributed by atoms with Gasteiger partial charge in [0.15, 0.2) is 11.6 Å². The molecule has 2 aromatic carbocycles. The van der Waals surface area contributed by atoms with Crippen molar-refractivity contribution in [3.63, 3.8) is 0 Å². The standard InChI is InChI=1S/C18H22FNO/c1-12-5-6-13(2)16(9-12)11-21-18-8-7-15(10-17(18)19)14(3)20-4/h5-10,14,20H,11H2,1-4H3. The van der Waals surface area contributed by atoms with E-state index in [1.807, 2.05) is 33.9 Å². The summed E-state index contributed by atoms with van der Waals surface area (Å²) in [5, 5.41) is 3.09. The first kappa shape index (κ1) is 15.5. The molecule has 0 aliphatic heterocycles. The molecule has 1 unspecified atom stereocenters. The van der Waals surface area contributed by atoms with Crippen molar-refractivity contribution in [2.24, 2.45) is 0 Å². The molecule has 0 saturated carbocycles. The molecular formula is C18H22FNO. The fourth-order valence-electron chi connectivity index (χ4n) is 2.18. The molecule has 3 heteroatoms. The van der Waals surface area contributed by atoms with Gasteiger partial charge < -0.3 is 10.1 Å². The lowest BCUT2D eigenvalue weighted by molar-refractivity contribution is 0.289. The molecule has 0 heterocycles. The Morgan fingerprint density at radius 1 is 1.14 bits per heavy atom. The topological polar surface area (TPSA) is 21.3 Å². The lowest BCUT2D eigenvalue weighted by atomic mass is 10.1. The van der Waals surface area contributed by atoms with Crippen LogP contribution in [0.1, 0.15) is 35.2 Å². The highest BCUT2D eigenvalue weighted by molar-refractivity contribution is 5.33. The van der Waals surface area contributed by atoms with E-state index in [4.69, 9.17) is 4.74 Å². The van der Waals surface area contributed by atoms with Crippen molar-refractivity contribution < 1.29 is 9.13 Å². The van der Waals surface area contributed by atoms with Gasteiger partial charge in [0.05, 0.1) is 0 Å². The normalized spacial score (nSPS) is 12.2. The maximum Gasteiger partial charge on any atom is 0.165 e. The summed E-state index contributed by atoms with van der Waals surface area (Å²) in [6.45, 7) is 6.44. The Morgan fingerprint density at radius 2 is 1.90 bits per heavy atom. The van der Waals surface area contributed by atoms with E-state index in [1.54, 1.807) is 6.07 Å². The summed E-state index contributed by atoms with van der Waals surface area (Å²) in [5.74, 6) is -0.0251. The molecule has 2 aromatic rings. The number of rotatable bonds is 5. The van der Waals surface area contributed by atoms with Crippen molar-refractivity contribution in [3.05, 3.63) is 64.5 Å². The summed E-state index contributed by atoms with van der Waals surface area (Å²) >= 11 is 0. The highest BCUT2D eigenvalue weighted by atomic mass is 19.1. The lowest BCUT2D eigenvalue weighted by Crippen LogP contribution is -2.12. The molecule has 0 radical (unpaired) electrons. The van der Waals surface area contributed by atoms with Crippen LogP contribution in [0.15, 0.2) is 36.4 Å². The van der Waals surface area contributed by atoms with Crippen molar-refractivity contribution in [2.45, 2.75) is 33.4 Å². The van der Waals surface area contributed by atoms with Gasteiger partial charge in [0.25, 0.3) is 0 Å². The molecule has 112 valence electrons. The first-order valence-corrected chi connectivity index (χ1v) is 7.17. The maximum atomic E-state index is 14.1. The van der Waals surface area contributed by atoms with E-state index >= 15 is 0 Å². The summed E-state index contributed by atoms with van der Waals surface area (Å²) < 4.78 is 19.7. The van der Waals surface area contributed by atoms with Crippen molar-refractivity contribution in [3.8, 4) is 5.75 Å². The van der Waals surface area contributed by atoms with E-state index in [2.05, 4.69) is 23.5 Å². The van der Waals surface area contributed by atoms with Gasteiger partial charge in [-0.3, -0.25) is 0 Å². The molecule has 0 amide bonds. The van der Waals surface area contributed by atoms with Crippen LogP contribution in [-0.4, -0.2) is 7.05 Å². The van der Waals surface area contributed by atoms with Gasteiger partial charge in [0, 0.05) is 6.04 Å². The molecule has 1 atom stereocenters. The van der Waals surface area contributed by atoms with Gasteiger partial charge in [-0.25, -0.2) is 4.39 Å². The third kappa shape index (κ3) is 3.82. The van der Waals surface area contributed by atoms with Crippen LogP contribution in [0.5, 0.6) is 5.75 Å². The molecule has 0 spiro atoms. The predicted octanol–water partition coefficient (Wildman–Crippen LogP) is 4.30. The van der Waals surface area contributed by atoms with E-state index in [9.17, 15) is 4.39 Å². The first-order chi connectivity index (χ1) is 10.0. The van der Waals surface area contributed by atoms with Crippen LogP contribution in [0.3, 0.4) is 0 Å². The van der Waals surface area contributed by atoms with Crippen molar-refractivity contribution in [1.29, 1.82) is 0 Å². The number of hydrogen-bond donors (Lipinski definition) is 1. The summed E-state index contributed by atoms with van der Waals surface area (Å²) in [5.41, 5.74) is 4.33. The minimum absolute atomic E-state index is 0.118. The third-order valence-electron chi connectivity index (χ3n) is 3.78. The zero-order valence-electron chi connectivity index (χ0n) is 13.0.